The molecule has 1 heterocycles. The first-order chi connectivity index (χ1) is 14.8. The van der Waals surface area contributed by atoms with Crippen molar-refractivity contribution < 1.29 is 4.79 Å². The first kappa shape index (κ1) is 22.6. The van der Waals surface area contributed by atoms with Crippen molar-refractivity contribution in [1.29, 1.82) is 0 Å². The maximum absolute atomic E-state index is 12.6. The van der Waals surface area contributed by atoms with Crippen molar-refractivity contribution in [2.75, 3.05) is 52.4 Å². The second kappa shape index (κ2) is 12.6. The van der Waals surface area contributed by atoms with Gasteiger partial charge >= 0.3 is 0 Å². The summed E-state index contributed by atoms with van der Waals surface area (Å²) in [7, 11) is 0. The summed E-state index contributed by atoms with van der Waals surface area (Å²) in [6.45, 7) is 9.36. The smallest absolute Gasteiger partial charge is 0.225 e. The van der Waals surface area contributed by atoms with Crippen LogP contribution in [0.2, 0.25) is 0 Å². The standard InChI is InChI=1S/C24H39N5O/c1-2-25-24(26-14-8-11-21-9-4-3-5-10-21)27-15-16-28-17-19-29(20-18-28)23(30)22-12-6-7-13-22/h3-5,9-10,22H,2,6-8,11-20H2,1H3,(H2,25,26,27). The van der Waals surface area contributed by atoms with E-state index in [0.717, 1.165) is 84.0 Å². The van der Waals surface area contributed by atoms with E-state index in [0.29, 0.717) is 11.8 Å². The van der Waals surface area contributed by atoms with Gasteiger partial charge < -0.3 is 15.5 Å². The SMILES string of the molecule is CCNC(=NCCCc1ccccc1)NCCN1CCN(C(=O)C2CCCC2)CC1. The number of nitrogens with zero attached hydrogens (tertiary/aromatic N) is 3. The normalized spacial score (nSPS) is 18.6. The summed E-state index contributed by atoms with van der Waals surface area (Å²) in [6.07, 6.45) is 6.76. The number of rotatable bonds is 9. The fraction of sp³-hybridized carbons (Fsp3) is 0.667. The molecule has 1 amide bonds. The van der Waals surface area contributed by atoms with Crippen molar-refractivity contribution in [2.24, 2.45) is 10.9 Å². The van der Waals surface area contributed by atoms with Crippen molar-refractivity contribution in [2.45, 2.75) is 45.4 Å². The van der Waals surface area contributed by atoms with Crippen LogP contribution in [-0.2, 0) is 11.2 Å². The van der Waals surface area contributed by atoms with E-state index in [9.17, 15) is 4.79 Å². The van der Waals surface area contributed by atoms with Gasteiger partial charge in [0.1, 0.15) is 0 Å². The zero-order chi connectivity index (χ0) is 21.0. The first-order valence-corrected chi connectivity index (χ1v) is 11.8. The molecule has 2 aliphatic rings. The van der Waals surface area contributed by atoms with Gasteiger partial charge in [0.2, 0.25) is 5.91 Å². The van der Waals surface area contributed by atoms with Crippen LogP contribution < -0.4 is 10.6 Å². The lowest BCUT2D eigenvalue weighted by atomic mass is 10.1. The van der Waals surface area contributed by atoms with Crippen LogP contribution in [0.25, 0.3) is 0 Å². The van der Waals surface area contributed by atoms with Crippen LogP contribution in [-0.4, -0.2) is 74.0 Å². The molecule has 30 heavy (non-hydrogen) atoms. The number of piperazine rings is 1. The van der Waals surface area contributed by atoms with Crippen molar-refractivity contribution in [3.63, 3.8) is 0 Å². The largest absolute Gasteiger partial charge is 0.357 e. The fourth-order valence-electron chi connectivity index (χ4n) is 4.42. The highest BCUT2D eigenvalue weighted by Crippen LogP contribution is 2.26. The molecule has 0 aromatic heterocycles. The van der Waals surface area contributed by atoms with Crippen molar-refractivity contribution in [1.82, 2.24) is 20.4 Å². The zero-order valence-corrected chi connectivity index (χ0v) is 18.6. The van der Waals surface area contributed by atoms with Crippen molar-refractivity contribution in [3.05, 3.63) is 35.9 Å². The van der Waals surface area contributed by atoms with Crippen molar-refractivity contribution >= 4 is 11.9 Å². The van der Waals surface area contributed by atoms with E-state index >= 15 is 0 Å². The summed E-state index contributed by atoms with van der Waals surface area (Å²) < 4.78 is 0. The third kappa shape index (κ3) is 7.31. The summed E-state index contributed by atoms with van der Waals surface area (Å²) in [5, 5.41) is 6.80. The van der Waals surface area contributed by atoms with Gasteiger partial charge in [-0.05, 0) is 38.2 Å². The van der Waals surface area contributed by atoms with Crippen LogP contribution in [0.3, 0.4) is 0 Å². The zero-order valence-electron chi connectivity index (χ0n) is 18.6. The Balaban J connectivity index is 1.31. The Bertz CT molecular complexity index is 649. The second-order valence-corrected chi connectivity index (χ2v) is 8.42. The van der Waals surface area contributed by atoms with Gasteiger partial charge in [0.25, 0.3) is 0 Å². The maximum atomic E-state index is 12.6. The fourth-order valence-corrected chi connectivity index (χ4v) is 4.42. The molecule has 1 aromatic rings. The van der Waals surface area contributed by atoms with Crippen LogP contribution in [0.15, 0.2) is 35.3 Å². The van der Waals surface area contributed by atoms with Crippen molar-refractivity contribution in [3.8, 4) is 0 Å². The van der Waals surface area contributed by atoms with Gasteiger partial charge in [0.05, 0.1) is 0 Å². The molecule has 6 heteroatoms. The van der Waals surface area contributed by atoms with E-state index < -0.39 is 0 Å². The molecule has 1 aliphatic carbocycles. The third-order valence-corrected chi connectivity index (χ3v) is 6.19. The van der Waals surface area contributed by atoms with Gasteiger partial charge in [-0.15, -0.1) is 0 Å². The van der Waals surface area contributed by atoms with Crippen LogP contribution in [0.1, 0.15) is 44.6 Å². The highest BCUT2D eigenvalue weighted by molar-refractivity contribution is 5.80. The number of hydrogen-bond acceptors (Lipinski definition) is 3. The Kier molecular flexibility index (Phi) is 9.48. The summed E-state index contributed by atoms with van der Waals surface area (Å²) >= 11 is 0. The monoisotopic (exact) mass is 413 g/mol. The lowest BCUT2D eigenvalue weighted by Crippen LogP contribution is -2.51. The predicted molar refractivity (Wildman–Crippen MR) is 124 cm³/mol. The van der Waals surface area contributed by atoms with E-state index in [2.05, 4.69) is 57.7 Å². The van der Waals surface area contributed by atoms with Crippen LogP contribution in [0, 0.1) is 5.92 Å². The number of guanidine groups is 1. The molecule has 6 nitrogen and oxygen atoms in total. The van der Waals surface area contributed by atoms with E-state index in [1.165, 1.54) is 18.4 Å². The molecule has 0 unspecified atom stereocenters. The Morgan fingerprint density at radius 1 is 1.07 bits per heavy atom. The molecule has 1 aliphatic heterocycles. The molecule has 1 saturated carbocycles. The lowest BCUT2D eigenvalue weighted by molar-refractivity contribution is -0.137. The number of carbonyl (C=O) groups excluding carboxylic acids is 1. The number of aryl methyl sites for hydroxylation is 1. The Labute approximate surface area is 182 Å². The third-order valence-electron chi connectivity index (χ3n) is 6.19. The molecule has 2 N–H and O–H groups in total. The molecule has 0 radical (unpaired) electrons. The average molecular weight is 414 g/mol. The molecule has 3 rings (SSSR count). The number of benzene rings is 1. The minimum atomic E-state index is 0.305. The molecule has 0 spiro atoms. The average Bonchev–Trinajstić information content (AvgIpc) is 3.32. The minimum Gasteiger partial charge on any atom is -0.357 e. The summed E-state index contributed by atoms with van der Waals surface area (Å²) in [5.74, 6) is 1.61. The number of carbonyl (C=O) groups is 1. The summed E-state index contributed by atoms with van der Waals surface area (Å²) in [4.78, 5) is 21.8. The summed E-state index contributed by atoms with van der Waals surface area (Å²) in [6, 6.07) is 10.6. The van der Waals surface area contributed by atoms with Crippen LogP contribution in [0.5, 0.6) is 0 Å². The number of hydrogen-bond donors (Lipinski definition) is 2. The number of nitrogens with one attached hydrogen (secondary N) is 2. The molecule has 0 atom stereocenters. The topological polar surface area (TPSA) is 60.0 Å². The highest BCUT2D eigenvalue weighted by Gasteiger charge is 2.29. The molecule has 1 aromatic carbocycles. The van der Waals surface area contributed by atoms with E-state index in [4.69, 9.17) is 4.99 Å². The van der Waals surface area contributed by atoms with Crippen LogP contribution >= 0.6 is 0 Å². The van der Waals surface area contributed by atoms with E-state index in [1.54, 1.807) is 0 Å². The van der Waals surface area contributed by atoms with Gasteiger partial charge in [-0.2, -0.15) is 0 Å². The van der Waals surface area contributed by atoms with E-state index in [-0.39, 0.29) is 0 Å². The number of aliphatic imine (C=N–C) groups is 1. The Morgan fingerprint density at radius 2 is 1.80 bits per heavy atom. The Morgan fingerprint density at radius 3 is 2.50 bits per heavy atom. The molecule has 0 bridgehead atoms. The Hall–Kier alpha value is -2.08. The lowest BCUT2D eigenvalue weighted by Gasteiger charge is -2.36. The number of amides is 1. The quantitative estimate of drug-likeness (QED) is 0.371. The first-order valence-electron chi connectivity index (χ1n) is 11.8. The summed E-state index contributed by atoms with van der Waals surface area (Å²) in [5.41, 5.74) is 1.37. The van der Waals surface area contributed by atoms with Gasteiger partial charge in [-0.3, -0.25) is 14.7 Å². The molecule has 166 valence electrons. The van der Waals surface area contributed by atoms with Gasteiger partial charge in [-0.25, -0.2) is 0 Å². The predicted octanol–water partition coefficient (Wildman–Crippen LogP) is 2.51. The minimum absolute atomic E-state index is 0.305. The highest BCUT2D eigenvalue weighted by atomic mass is 16.2. The maximum Gasteiger partial charge on any atom is 0.225 e. The van der Waals surface area contributed by atoms with E-state index in [1.807, 2.05) is 0 Å². The molecule has 2 fully saturated rings. The second-order valence-electron chi connectivity index (χ2n) is 8.42. The van der Waals surface area contributed by atoms with Crippen LogP contribution in [0.4, 0.5) is 0 Å². The molecular formula is C24H39N5O. The van der Waals surface area contributed by atoms with Gasteiger partial charge in [0, 0.05) is 58.3 Å². The molecular weight excluding hydrogens is 374 g/mol. The van der Waals surface area contributed by atoms with Gasteiger partial charge in [-0.1, -0.05) is 43.2 Å². The molecule has 1 saturated heterocycles. The van der Waals surface area contributed by atoms with Gasteiger partial charge in [0.15, 0.2) is 5.96 Å².